The number of aliphatic hydroxyl groups is 1. The summed E-state index contributed by atoms with van der Waals surface area (Å²) in [6.07, 6.45) is 1.33. The summed E-state index contributed by atoms with van der Waals surface area (Å²) < 4.78 is 5.26. The summed E-state index contributed by atoms with van der Waals surface area (Å²) >= 11 is 0. The number of ether oxygens (including phenoxy) is 1. The third-order valence-corrected chi connectivity index (χ3v) is 5.21. The zero-order valence-corrected chi connectivity index (χ0v) is 17.4. The molecule has 0 bridgehead atoms. The van der Waals surface area contributed by atoms with Crippen LogP contribution < -0.4 is 5.23 Å². The Balaban J connectivity index is 2.43. The number of aliphatic hydroxyl groups excluding tert-OH is 1. The quantitative estimate of drug-likeness (QED) is 0.160. The van der Waals surface area contributed by atoms with Crippen molar-refractivity contribution in [2.75, 3.05) is 6.61 Å². The van der Waals surface area contributed by atoms with Crippen molar-refractivity contribution in [1.82, 2.24) is 0 Å². The minimum Gasteiger partial charge on any atom is -0.595 e. The van der Waals surface area contributed by atoms with E-state index in [1.54, 1.807) is 12.1 Å². The molecule has 0 saturated carbocycles. The van der Waals surface area contributed by atoms with Gasteiger partial charge < -0.3 is 15.1 Å². The monoisotopic (exact) mass is 450 g/mol. The smallest absolute Gasteiger partial charge is 0.339 e. The molecule has 2 aromatic carbocycles. The molecule has 0 heterocycles. The number of hydrogen-bond donors (Lipinski definition) is 3. The number of fused-ring (bicyclic) bond motifs is 3. The van der Waals surface area contributed by atoms with Gasteiger partial charge >= 0.3 is 5.97 Å². The van der Waals surface area contributed by atoms with Crippen LogP contribution in [0.25, 0.3) is 16.7 Å². The lowest BCUT2D eigenvalue weighted by Gasteiger charge is -2.17. The molecule has 1 unspecified atom stereocenters. The first-order valence-electron chi connectivity index (χ1n) is 9.85. The number of carbonyl (C=O) groups excluding carboxylic acids is 1. The molecule has 11 nitrogen and oxygen atoms in total. The standard InChI is InChI=1S/C22H18N4O7/c1-2-3-4-33-22(28)18-7-14(25(29)30)6-17-20(13(9-23)10-24)16-8-19(26(31)32)12(11-27)5-15(16)21(17)18/h5-8,26-27,31H,2-4,11H2,1H3. The summed E-state index contributed by atoms with van der Waals surface area (Å²) in [4.78, 5) is 23.7. The van der Waals surface area contributed by atoms with Crippen LogP contribution in [0.3, 0.4) is 0 Å². The number of nitro groups is 1. The van der Waals surface area contributed by atoms with Crippen LogP contribution in [0.1, 0.15) is 46.8 Å². The Bertz CT molecular complexity index is 1250. The highest BCUT2D eigenvalue weighted by Gasteiger charge is 2.35. The first-order chi connectivity index (χ1) is 15.8. The van der Waals surface area contributed by atoms with E-state index in [1.807, 2.05) is 6.92 Å². The maximum Gasteiger partial charge on any atom is 0.339 e. The number of allylic oxidation sites excluding steroid dienone is 1. The van der Waals surface area contributed by atoms with E-state index in [0.717, 1.165) is 18.6 Å². The average Bonchev–Trinajstić information content (AvgIpc) is 3.11. The van der Waals surface area contributed by atoms with Crippen molar-refractivity contribution in [2.24, 2.45) is 0 Å². The largest absolute Gasteiger partial charge is 0.595 e. The highest BCUT2D eigenvalue weighted by molar-refractivity contribution is 6.11. The number of non-ortho nitro benzene ring substituents is 1. The number of unbranched alkanes of at least 4 members (excludes halogenated alkanes) is 1. The number of quaternary nitrogens is 1. The third-order valence-electron chi connectivity index (χ3n) is 5.21. The molecule has 0 aromatic heterocycles. The molecule has 3 N–H and O–H groups in total. The highest BCUT2D eigenvalue weighted by atomic mass is 16.8. The van der Waals surface area contributed by atoms with E-state index in [9.17, 15) is 41.0 Å². The van der Waals surface area contributed by atoms with Gasteiger partial charge in [-0.15, -0.1) is 0 Å². The molecule has 0 radical (unpaired) electrons. The fourth-order valence-corrected chi connectivity index (χ4v) is 3.71. The van der Waals surface area contributed by atoms with Gasteiger partial charge in [0, 0.05) is 34.9 Å². The minimum absolute atomic E-state index is 0.0247. The van der Waals surface area contributed by atoms with Crippen molar-refractivity contribution in [3.05, 3.63) is 67.4 Å². The topological polar surface area (TPSA) is 185 Å². The van der Waals surface area contributed by atoms with E-state index >= 15 is 0 Å². The van der Waals surface area contributed by atoms with E-state index in [0.29, 0.717) is 6.42 Å². The first kappa shape index (κ1) is 23.5. The molecule has 1 atom stereocenters. The van der Waals surface area contributed by atoms with Crippen molar-refractivity contribution in [2.45, 2.75) is 26.4 Å². The number of hydrogen-bond acceptors (Lipinski definition) is 9. The Morgan fingerprint density at radius 2 is 1.88 bits per heavy atom. The van der Waals surface area contributed by atoms with Gasteiger partial charge in [0.15, 0.2) is 5.69 Å². The normalized spacial score (nSPS) is 12.2. The van der Waals surface area contributed by atoms with Gasteiger partial charge in [0.2, 0.25) is 0 Å². The second-order valence-corrected chi connectivity index (χ2v) is 7.15. The molecular formula is C22H18N4O7. The molecule has 0 fully saturated rings. The Kier molecular flexibility index (Phi) is 6.82. The van der Waals surface area contributed by atoms with Gasteiger partial charge in [0.25, 0.3) is 5.69 Å². The van der Waals surface area contributed by atoms with E-state index < -0.39 is 34.0 Å². The van der Waals surface area contributed by atoms with Crippen LogP contribution >= 0.6 is 0 Å². The predicted octanol–water partition coefficient (Wildman–Crippen LogP) is 2.28. The number of esters is 1. The van der Waals surface area contributed by atoms with Gasteiger partial charge in [-0.2, -0.15) is 15.8 Å². The number of rotatable bonds is 7. The Morgan fingerprint density at radius 1 is 1.18 bits per heavy atom. The number of benzene rings is 2. The number of nitrogens with zero attached hydrogens (tertiary/aromatic N) is 3. The molecular weight excluding hydrogens is 432 g/mol. The second kappa shape index (κ2) is 9.56. The van der Waals surface area contributed by atoms with Crippen LogP contribution in [0, 0.1) is 38.0 Å². The van der Waals surface area contributed by atoms with E-state index in [4.69, 9.17) is 4.74 Å². The van der Waals surface area contributed by atoms with Crippen LogP contribution in [0.5, 0.6) is 0 Å². The molecule has 3 rings (SSSR count). The molecule has 0 spiro atoms. The SMILES string of the molecule is CCCCOC(=O)c1cc([N+](=O)[O-])cc2c1-c1cc(CO)c([NH+]([O-])O)cc1C2=C(C#N)C#N. The van der Waals surface area contributed by atoms with Crippen molar-refractivity contribution in [1.29, 1.82) is 10.5 Å². The molecule has 1 aliphatic rings. The lowest BCUT2D eigenvalue weighted by molar-refractivity contribution is -0.991. The summed E-state index contributed by atoms with van der Waals surface area (Å²) in [7, 11) is 0. The summed E-state index contributed by atoms with van der Waals surface area (Å²) in [6.45, 7) is 1.35. The lowest BCUT2D eigenvalue weighted by Crippen LogP contribution is -2.99. The summed E-state index contributed by atoms with van der Waals surface area (Å²) in [5.74, 6) is -0.834. The Hall–Kier alpha value is -4.13. The van der Waals surface area contributed by atoms with Crippen LogP contribution in [0.15, 0.2) is 29.8 Å². The van der Waals surface area contributed by atoms with E-state index in [-0.39, 0.29) is 51.2 Å². The lowest BCUT2D eigenvalue weighted by atomic mass is 9.96. The third kappa shape index (κ3) is 4.17. The summed E-state index contributed by atoms with van der Waals surface area (Å²) in [5.41, 5.74) is -0.655. The van der Waals surface area contributed by atoms with Crippen molar-refractivity contribution < 1.29 is 30.0 Å². The van der Waals surface area contributed by atoms with Crippen molar-refractivity contribution in [3.63, 3.8) is 0 Å². The predicted molar refractivity (Wildman–Crippen MR) is 113 cm³/mol. The van der Waals surface area contributed by atoms with Crippen LogP contribution in [-0.2, 0) is 11.3 Å². The van der Waals surface area contributed by atoms with Gasteiger partial charge in [-0.3, -0.25) is 10.1 Å². The van der Waals surface area contributed by atoms with E-state index in [1.165, 1.54) is 12.1 Å². The Morgan fingerprint density at radius 3 is 2.42 bits per heavy atom. The number of carbonyl (C=O) groups is 1. The van der Waals surface area contributed by atoms with Gasteiger partial charge in [0.1, 0.15) is 17.7 Å². The van der Waals surface area contributed by atoms with Gasteiger partial charge in [0.05, 0.1) is 23.7 Å². The van der Waals surface area contributed by atoms with Crippen molar-refractivity contribution in [3.8, 4) is 23.3 Å². The van der Waals surface area contributed by atoms with E-state index in [2.05, 4.69) is 0 Å². The summed E-state index contributed by atoms with van der Waals surface area (Å²) in [6, 6.07) is 8.15. The van der Waals surface area contributed by atoms with Gasteiger partial charge in [-0.1, -0.05) is 13.3 Å². The minimum atomic E-state index is -1.35. The molecule has 33 heavy (non-hydrogen) atoms. The average molecular weight is 450 g/mol. The van der Waals surface area contributed by atoms with Gasteiger partial charge in [-0.05, 0) is 29.2 Å². The fraction of sp³-hybridized carbons (Fsp3) is 0.227. The molecule has 0 saturated heterocycles. The first-order valence-corrected chi connectivity index (χ1v) is 9.85. The van der Waals surface area contributed by atoms with Crippen LogP contribution in [0.4, 0.5) is 11.4 Å². The maximum absolute atomic E-state index is 12.9. The summed E-state index contributed by atoms with van der Waals surface area (Å²) in [5, 5.41) is 60.2. The molecule has 0 aliphatic heterocycles. The zero-order chi connectivity index (χ0) is 24.3. The van der Waals surface area contributed by atoms with Crippen LogP contribution in [-0.4, -0.2) is 27.8 Å². The highest BCUT2D eigenvalue weighted by Crippen LogP contribution is 2.50. The number of nitrogens with one attached hydrogen (secondary N) is 1. The fourth-order valence-electron chi connectivity index (χ4n) is 3.71. The molecule has 0 amide bonds. The number of nitro benzene ring substituents is 1. The van der Waals surface area contributed by atoms with Gasteiger partial charge in [-0.25, -0.2) is 10.0 Å². The van der Waals surface area contributed by atoms with Crippen LogP contribution in [0.2, 0.25) is 0 Å². The molecule has 11 heteroatoms. The molecule has 1 aliphatic carbocycles. The second-order valence-electron chi connectivity index (χ2n) is 7.15. The van der Waals surface area contributed by atoms with Crippen molar-refractivity contribution >= 4 is 22.9 Å². The molecule has 2 aromatic rings. The number of nitriles is 2. The maximum atomic E-state index is 12.9. The molecule has 168 valence electrons. The zero-order valence-electron chi connectivity index (χ0n) is 17.4. The Labute approximate surface area is 187 Å².